The lowest BCUT2D eigenvalue weighted by Crippen LogP contribution is -2.68. The molecule has 27 nitrogen and oxygen atoms in total. The number of piperidine rings is 5. The Morgan fingerprint density at radius 2 is 0.540 bits per heavy atom. The zero-order valence-electron chi connectivity index (χ0n) is 97.7. The number of carbonyl (C=O) groups is 7. The van der Waals surface area contributed by atoms with Gasteiger partial charge in [-0.3, -0.25) is 33.8 Å². The third-order valence-electron chi connectivity index (χ3n) is 34.7. The number of ether oxygens (including phenoxy) is 9. The van der Waals surface area contributed by atoms with Gasteiger partial charge in [0.15, 0.2) is 0 Å². The molecule has 0 aliphatic carbocycles. The molecule has 0 amide bonds. The Labute approximate surface area is 900 Å². The Hall–Kier alpha value is -9.39. The van der Waals surface area contributed by atoms with Crippen LogP contribution in [-0.4, -0.2) is 178 Å². The van der Waals surface area contributed by atoms with Crippen molar-refractivity contribution in [1.82, 2.24) is 25.3 Å². The normalized spacial score (nSPS) is 30.7. The van der Waals surface area contributed by atoms with E-state index in [1.165, 1.54) is 7.11 Å². The second-order valence-corrected chi connectivity index (χ2v) is 45.5. The maximum Gasteiger partial charge on any atom is 0.509 e. The fraction of sp³-hybridized carbons (Fsp3) is 0.650. The number of carboxylic acids is 1. The molecule has 6 aromatic rings. The Morgan fingerprint density at radius 3 is 0.760 bits per heavy atom. The van der Waals surface area contributed by atoms with Crippen LogP contribution in [0.25, 0.3) is 0 Å². The van der Waals surface area contributed by atoms with Gasteiger partial charge in [-0.15, -0.1) is 0 Å². The number of nitrogens with zero attached hydrogens (tertiary/aromatic N) is 5. The minimum Gasteiger partial charge on any atom is -0.481 e. The number of methoxy groups -OCH3 is 1. The smallest absolute Gasteiger partial charge is 0.481 e. The molecule has 6 aromatic carbocycles. The predicted molar refractivity (Wildman–Crippen MR) is 588 cm³/mol. The van der Waals surface area contributed by atoms with Gasteiger partial charge in [0.2, 0.25) is 0 Å². The van der Waals surface area contributed by atoms with E-state index in [-0.39, 0.29) is 159 Å². The van der Waals surface area contributed by atoms with E-state index in [1.54, 1.807) is 6.92 Å². The number of aliphatic carboxylic acids is 1. The van der Waals surface area contributed by atoms with Gasteiger partial charge in [-0.2, -0.15) is 25.3 Å². The van der Waals surface area contributed by atoms with Gasteiger partial charge in [0, 0.05) is 117 Å². The number of rotatable bonds is 36. The summed E-state index contributed by atoms with van der Waals surface area (Å²) in [5, 5.41) is 19.7. The first-order valence-corrected chi connectivity index (χ1v) is 55.4. The fourth-order valence-electron chi connectivity index (χ4n) is 22.2. The molecule has 1 N–H and O–H groups in total. The molecule has 25 atom stereocenters. The summed E-state index contributed by atoms with van der Waals surface area (Å²) in [7, 11) is 1.18. The van der Waals surface area contributed by atoms with Crippen LogP contribution in [-0.2, 0) is 92.6 Å². The van der Waals surface area contributed by atoms with E-state index < -0.39 is 54.0 Å². The lowest BCUT2D eigenvalue weighted by molar-refractivity contribution is -0.336. The van der Waals surface area contributed by atoms with Crippen LogP contribution in [0.1, 0.15) is 408 Å². The fourth-order valence-corrected chi connectivity index (χ4v) is 22.2. The van der Waals surface area contributed by atoms with E-state index in [0.29, 0.717) is 38.7 Å². The molecule has 0 radical (unpaired) electrons. The Balaban J connectivity index is 0.000000254. The molecule has 5 fully saturated rings. The van der Waals surface area contributed by atoms with Crippen molar-refractivity contribution in [1.29, 1.82) is 0 Å². The van der Waals surface area contributed by atoms with E-state index in [1.807, 2.05) is 142 Å². The largest absolute Gasteiger partial charge is 0.509 e. The van der Waals surface area contributed by atoms with Gasteiger partial charge in [0.05, 0.1) is 26.6 Å². The molecule has 5 saturated heterocycles. The van der Waals surface area contributed by atoms with Gasteiger partial charge in [-0.25, -0.2) is 24.0 Å². The molecular formula is C123H189N5O22. The average Bonchev–Trinajstić information content (AvgIpc) is 0.767. The molecule has 5 heterocycles. The quantitative estimate of drug-likeness (QED) is 0.0217. The topological polar surface area (TPSA) is 285 Å². The van der Waals surface area contributed by atoms with E-state index in [0.717, 1.165) is 97.6 Å². The van der Waals surface area contributed by atoms with Gasteiger partial charge in [0.1, 0.15) is 73.2 Å². The van der Waals surface area contributed by atoms with Crippen molar-refractivity contribution in [2.75, 3.05) is 13.7 Å². The van der Waals surface area contributed by atoms with Crippen molar-refractivity contribution >= 4 is 42.3 Å². The molecule has 0 saturated carbocycles. The van der Waals surface area contributed by atoms with Crippen LogP contribution in [0.4, 0.5) is 14.4 Å². The minimum atomic E-state index is -0.991. The van der Waals surface area contributed by atoms with E-state index in [4.69, 9.17) is 67.2 Å². The first kappa shape index (κ1) is 128. The Morgan fingerprint density at radius 1 is 0.313 bits per heavy atom. The second-order valence-electron chi connectivity index (χ2n) is 45.5. The maximum atomic E-state index is 12.6. The van der Waals surface area contributed by atoms with Crippen molar-refractivity contribution < 1.29 is 105 Å². The highest BCUT2D eigenvalue weighted by molar-refractivity contribution is 6.29. The predicted octanol–water partition coefficient (Wildman–Crippen LogP) is 29.2. The van der Waals surface area contributed by atoms with Crippen LogP contribution in [0, 0.1) is 29.6 Å². The Kier molecular flexibility index (Phi) is 47.7. The molecule has 838 valence electrons. The number of hydrogen-bond acceptors (Lipinski definition) is 26. The zero-order chi connectivity index (χ0) is 112. The molecule has 5 aliphatic rings. The zero-order valence-corrected chi connectivity index (χ0v) is 97.7. The number of hydrogen-bond donors (Lipinski definition) is 1. The van der Waals surface area contributed by atoms with Gasteiger partial charge in [0.25, 0.3) is 0 Å². The van der Waals surface area contributed by atoms with Crippen LogP contribution in [0.3, 0.4) is 0 Å². The maximum absolute atomic E-state index is 12.6. The van der Waals surface area contributed by atoms with Crippen molar-refractivity contribution in [3.63, 3.8) is 0 Å². The summed E-state index contributed by atoms with van der Waals surface area (Å²) in [5.41, 5.74) is 2.94. The molecule has 150 heavy (non-hydrogen) atoms. The number of carbonyl (C=O) groups excluding carboxylic acids is 6. The standard InChI is InChI=1S/C28H39NO4.C25H41NO4.C24H37NO5.C23H35NO5.C23H37NO4/c1-7-27(5)19-25(32-26(30)31-20-23-15-11-9-12-16-23)21(3)28(6,8-2)29(27)33-22(4)24-17-13-10-14-18-24;1-10-24(8)17-21(28-22(27)29-23(5,6)7)18(3)25(9,11-2)26(24)30-19(4)20-15-13-12-14-16-20;1-7-23(5)16-20(29-22(28)15-14-21(26)27)17(3)24(6,8-2)25(23)30-18(4)19-12-10-9-11-13-19;1-8-22(5)15-19(28-21(26)20(25)27-7)16(3)23(6,9-2)24(22)29-17(4)18-13-11-10-12-14-18;1-8-22(6)16-20(27-21(25)26-10-3)17(4)23(7,9-2)24(22)28-18(5)19-14-12-11-13-15-19/h9-18,21-22,25H,7-8,19-20H2,1-6H3;12-16,18-19,21H,10-11,17H2,1-9H3;9-13,17-18,20H,7-8,14-16H2,1-6H3,(H,26,27);10-14,16-17,19H,8-9,15H2,1-7H3;11-15,17-18,20H,8-10,16H2,1-7H3. The third kappa shape index (κ3) is 31.7. The first-order chi connectivity index (χ1) is 70.5. The molecular weight excluding hydrogens is 1900 g/mol. The Bertz CT molecular complexity index is 5110. The lowest BCUT2D eigenvalue weighted by Gasteiger charge is -2.59. The lowest BCUT2D eigenvalue weighted by atomic mass is 9.69. The van der Waals surface area contributed by atoms with Crippen LogP contribution in [0.2, 0.25) is 0 Å². The van der Waals surface area contributed by atoms with Crippen LogP contribution in [0.15, 0.2) is 182 Å². The summed E-state index contributed by atoms with van der Waals surface area (Å²) >= 11 is 0. The molecule has 11 rings (SSSR count). The molecule has 0 aromatic heterocycles. The van der Waals surface area contributed by atoms with Crippen molar-refractivity contribution in [2.45, 2.75) is 473 Å². The van der Waals surface area contributed by atoms with Gasteiger partial charge in [-0.05, 0) is 229 Å². The molecule has 25 unspecified atom stereocenters. The summed E-state index contributed by atoms with van der Waals surface area (Å²) in [6, 6.07) is 60.8. The van der Waals surface area contributed by atoms with Crippen LogP contribution in [0.5, 0.6) is 0 Å². The molecule has 5 aliphatic heterocycles. The van der Waals surface area contributed by atoms with Crippen molar-refractivity contribution in [3.05, 3.63) is 215 Å². The summed E-state index contributed by atoms with van der Waals surface area (Å²) in [5.74, 6) is -3.11. The first-order valence-electron chi connectivity index (χ1n) is 55.4. The molecule has 0 bridgehead atoms. The summed E-state index contributed by atoms with van der Waals surface area (Å²) < 4.78 is 49.3. The third-order valence-corrected chi connectivity index (χ3v) is 34.7. The van der Waals surface area contributed by atoms with Gasteiger partial charge in [-0.1, -0.05) is 286 Å². The van der Waals surface area contributed by atoms with Crippen LogP contribution >= 0.6 is 0 Å². The summed E-state index contributed by atoms with van der Waals surface area (Å²) in [6.07, 6.45) is 7.92. The highest BCUT2D eigenvalue weighted by Gasteiger charge is 2.62. The number of carboxylic acid groups (broad SMARTS) is 1. The van der Waals surface area contributed by atoms with Crippen molar-refractivity contribution in [2.24, 2.45) is 29.6 Å². The van der Waals surface area contributed by atoms with Gasteiger partial charge >= 0.3 is 42.3 Å². The highest BCUT2D eigenvalue weighted by atomic mass is 16.8. The second kappa shape index (κ2) is 56.1. The average molecular weight is 2090 g/mol. The SMILES string of the molecule is CCC1(C)CC(OC(=O)C(=O)OC)C(C)C(C)(CC)N1OC(C)c1ccccc1.CCC1(C)CC(OC(=O)CCC(=O)O)C(C)C(C)(CC)N1OC(C)c1ccccc1.CCC1(C)CC(OC(=O)OC(C)(C)C)C(C)C(C)(CC)N1OC(C)c1ccccc1.CCC1(C)CC(OC(=O)OCc2ccccc2)C(C)C(C)(CC)N1OC(C)c1ccccc1.CCOC(=O)OC1CC(C)(CC)N(OC(C)c2ccccc2)C(C)(CC)C1C. The number of benzene rings is 6. The van der Waals surface area contributed by atoms with E-state index in [9.17, 15) is 33.6 Å². The summed E-state index contributed by atoms with van der Waals surface area (Å²) in [6.45, 7) is 72.2. The molecule has 27 heteroatoms. The van der Waals surface area contributed by atoms with Gasteiger partial charge < -0.3 is 47.7 Å². The van der Waals surface area contributed by atoms with E-state index >= 15 is 0 Å². The van der Waals surface area contributed by atoms with Crippen LogP contribution < -0.4 is 0 Å². The molecule has 0 spiro atoms. The number of esters is 3. The summed E-state index contributed by atoms with van der Waals surface area (Å²) in [4.78, 5) is 117. The highest BCUT2D eigenvalue weighted by Crippen LogP contribution is 2.55. The number of hydroxylamine groups is 10. The van der Waals surface area contributed by atoms with Crippen molar-refractivity contribution in [3.8, 4) is 0 Å². The van der Waals surface area contributed by atoms with E-state index in [2.05, 4.69) is 298 Å². The monoisotopic (exact) mass is 2090 g/mol. The minimum absolute atomic E-state index is 0.0267.